The van der Waals surface area contributed by atoms with Crippen LogP contribution in [0.15, 0.2) is 0 Å². The summed E-state index contributed by atoms with van der Waals surface area (Å²) < 4.78 is 48.4. The molecule has 0 rings (SSSR count). The van der Waals surface area contributed by atoms with E-state index in [1.807, 2.05) is 20.8 Å². The third-order valence-corrected chi connectivity index (χ3v) is 18.1. The number of hydrogen-bond donors (Lipinski definition) is 0. The Bertz CT molecular complexity index is 396. The fraction of sp³-hybridized carbons (Fsp3) is 0.875. The van der Waals surface area contributed by atoms with Crippen molar-refractivity contribution in [1.29, 1.82) is 0 Å². The van der Waals surface area contributed by atoms with Crippen LogP contribution in [-0.4, -0.2) is 38.1 Å². The van der Waals surface area contributed by atoms with Gasteiger partial charge in [0, 0.05) is 0 Å². The van der Waals surface area contributed by atoms with Gasteiger partial charge in [0.25, 0.3) is 0 Å². The molecule has 0 bridgehead atoms. The van der Waals surface area contributed by atoms with Crippen molar-refractivity contribution in [2.75, 3.05) is 0 Å². The van der Waals surface area contributed by atoms with Crippen LogP contribution in [0.5, 0.6) is 0 Å². The van der Waals surface area contributed by atoms with Crippen LogP contribution < -0.4 is 0 Å². The summed E-state index contributed by atoms with van der Waals surface area (Å²) in [6.45, 7) is 14.6. The van der Waals surface area contributed by atoms with Crippen molar-refractivity contribution < 1.29 is 27.1 Å². The Hall–Kier alpha value is -0.302. The van der Waals surface area contributed by atoms with Crippen molar-refractivity contribution in [3.05, 3.63) is 5.92 Å². The summed E-state index contributed by atoms with van der Waals surface area (Å²) >= 11 is -2.77. The summed E-state index contributed by atoms with van der Waals surface area (Å²) in [7, 11) is -5.55. The van der Waals surface area contributed by atoms with Gasteiger partial charge in [0.15, 0.2) is 0 Å². The zero-order valence-corrected chi connectivity index (χ0v) is 18.3. The van der Waals surface area contributed by atoms with Gasteiger partial charge in [-0.1, -0.05) is 0 Å². The molecule has 0 N–H and O–H groups in total. The van der Waals surface area contributed by atoms with Crippen LogP contribution in [0, 0.1) is 5.92 Å². The molecule has 2 atom stereocenters. The summed E-state index contributed by atoms with van der Waals surface area (Å²) in [5.74, 6) is -0.0743. The van der Waals surface area contributed by atoms with Crippen molar-refractivity contribution in [3.8, 4) is 0 Å². The Morgan fingerprint density at radius 3 is 1.75 bits per heavy atom. The van der Waals surface area contributed by atoms with E-state index in [4.69, 9.17) is 4.74 Å². The van der Waals surface area contributed by atoms with Gasteiger partial charge in [0.1, 0.15) is 0 Å². The minimum absolute atomic E-state index is 0.469. The standard InChI is InChI=1S/C16H32BF3GeO3/c1-9-21(10-2,11-3)13(12(4)5)14(24-17(18,19)20)15(22)23-16(6,7)8/h13-14H,9-11H2,1-8H3. The van der Waals surface area contributed by atoms with Crippen molar-refractivity contribution in [2.24, 2.45) is 0 Å². The van der Waals surface area contributed by atoms with Gasteiger partial charge < -0.3 is 0 Å². The summed E-state index contributed by atoms with van der Waals surface area (Å²) in [5.41, 5.74) is -0.857. The van der Waals surface area contributed by atoms with Gasteiger partial charge in [-0.15, -0.1) is 0 Å². The monoisotopic (exact) mass is 414 g/mol. The number of esters is 1. The first-order valence-electron chi connectivity index (χ1n) is 8.62. The van der Waals surface area contributed by atoms with Crippen LogP contribution in [0.25, 0.3) is 0 Å². The predicted molar refractivity (Wildman–Crippen MR) is 95.3 cm³/mol. The summed E-state index contributed by atoms with van der Waals surface area (Å²) in [5, 5.41) is 2.53. The Morgan fingerprint density at radius 2 is 1.50 bits per heavy atom. The van der Waals surface area contributed by atoms with Crippen LogP contribution in [0.1, 0.15) is 55.4 Å². The normalized spacial score (nSPS) is 15.8. The quantitative estimate of drug-likeness (QED) is 0.283. The zero-order valence-electron chi connectivity index (χ0n) is 16.2. The van der Waals surface area contributed by atoms with Crippen molar-refractivity contribution in [1.82, 2.24) is 0 Å². The van der Waals surface area contributed by atoms with Gasteiger partial charge in [-0.2, -0.15) is 0 Å². The van der Waals surface area contributed by atoms with Crippen LogP contribution in [0.4, 0.5) is 12.9 Å². The van der Waals surface area contributed by atoms with E-state index in [-0.39, 0.29) is 0 Å². The fourth-order valence-corrected chi connectivity index (χ4v) is 13.7. The summed E-state index contributed by atoms with van der Waals surface area (Å²) in [4.78, 5) is 12.6. The van der Waals surface area contributed by atoms with Crippen LogP contribution >= 0.6 is 0 Å². The molecule has 0 radical (unpaired) electrons. The van der Waals surface area contributed by atoms with Gasteiger partial charge in [-0.25, -0.2) is 0 Å². The van der Waals surface area contributed by atoms with Crippen LogP contribution in [-0.2, 0) is 14.2 Å². The van der Waals surface area contributed by atoms with Crippen molar-refractivity contribution in [3.63, 3.8) is 0 Å². The number of rotatable bonds is 9. The molecular weight excluding hydrogens is 381 g/mol. The molecule has 8 heteroatoms. The van der Waals surface area contributed by atoms with Gasteiger partial charge in [0.05, 0.1) is 0 Å². The van der Waals surface area contributed by atoms with Gasteiger partial charge in [0.2, 0.25) is 0 Å². The Kier molecular flexibility index (Phi) is 8.76. The van der Waals surface area contributed by atoms with E-state index in [2.05, 4.69) is 4.65 Å². The molecule has 0 aromatic rings. The third-order valence-electron chi connectivity index (χ3n) is 4.64. The van der Waals surface area contributed by atoms with E-state index in [1.54, 1.807) is 34.6 Å². The van der Waals surface area contributed by atoms with Gasteiger partial charge in [-0.05, 0) is 0 Å². The van der Waals surface area contributed by atoms with Crippen molar-refractivity contribution in [2.45, 2.75) is 87.6 Å². The molecule has 0 aliphatic rings. The SMILES string of the molecule is C[CH2][Ge]([CH2]C)([CH2]C)[CH]([C+](C)C)C(O[B-](F)(F)F)C(=O)OC(C)(C)C. The second-order valence-corrected chi connectivity index (χ2v) is 19.1. The van der Waals surface area contributed by atoms with E-state index in [9.17, 15) is 17.7 Å². The first-order valence-corrected chi connectivity index (χ1v) is 14.3. The number of carbonyl (C=O) groups is 1. The van der Waals surface area contributed by atoms with Crippen LogP contribution in [0.3, 0.4) is 0 Å². The first kappa shape index (κ1) is 23.7. The van der Waals surface area contributed by atoms with Crippen molar-refractivity contribution >= 4 is 26.4 Å². The summed E-state index contributed by atoms with van der Waals surface area (Å²) in [6.07, 6.45) is -1.59. The minimum atomic E-state index is -5.55. The first-order chi connectivity index (χ1) is 10.7. The fourth-order valence-electron chi connectivity index (χ4n) is 3.44. The summed E-state index contributed by atoms with van der Waals surface area (Å²) in [6, 6.07) is 0. The molecule has 0 aliphatic carbocycles. The molecule has 0 fully saturated rings. The molecule has 0 spiro atoms. The number of ether oxygens (including phenoxy) is 1. The average molecular weight is 413 g/mol. The second kappa shape index (κ2) is 8.88. The van der Waals surface area contributed by atoms with Gasteiger partial charge in [-0.3, -0.25) is 0 Å². The topological polar surface area (TPSA) is 35.5 Å². The maximum absolute atomic E-state index is 13.1. The molecule has 0 aliphatic heterocycles. The third kappa shape index (κ3) is 6.90. The number of carbonyl (C=O) groups excluding carboxylic acids is 1. The molecule has 0 heterocycles. The predicted octanol–water partition coefficient (Wildman–Crippen LogP) is 5.55. The Morgan fingerprint density at radius 1 is 1.08 bits per heavy atom. The molecule has 0 amide bonds. The average Bonchev–Trinajstić information content (AvgIpc) is 2.39. The zero-order chi connectivity index (χ0) is 19.3. The number of halogens is 3. The Balaban J connectivity index is 5.97. The van der Waals surface area contributed by atoms with Gasteiger partial charge >= 0.3 is 147 Å². The number of hydrogen-bond acceptors (Lipinski definition) is 3. The molecule has 24 heavy (non-hydrogen) atoms. The van der Waals surface area contributed by atoms with E-state index >= 15 is 0 Å². The Labute approximate surface area is 147 Å². The molecule has 142 valence electrons. The van der Waals surface area contributed by atoms with E-state index in [0.717, 1.165) is 21.7 Å². The van der Waals surface area contributed by atoms with E-state index in [1.165, 1.54) is 0 Å². The van der Waals surface area contributed by atoms with Crippen LogP contribution in [0.2, 0.25) is 20.5 Å². The molecule has 0 aromatic carbocycles. The second-order valence-electron chi connectivity index (χ2n) is 7.58. The van der Waals surface area contributed by atoms with E-state index in [0.29, 0.717) is 0 Å². The maximum atomic E-state index is 13.1. The molecule has 0 saturated carbocycles. The molecular formula is C16H32BF3GeO3. The van der Waals surface area contributed by atoms with E-state index < -0.39 is 42.9 Å². The molecule has 0 saturated heterocycles. The molecule has 0 aromatic heterocycles. The molecule has 3 nitrogen and oxygen atoms in total. The molecule has 2 unspecified atom stereocenters.